The normalized spacial score (nSPS) is 13.0. The number of hydrogen-bond acceptors (Lipinski definition) is 1. The van der Waals surface area contributed by atoms with E-state index in [1.165, 1.54) is 103 Å². The third kappa shape index (κ3) is 21.7. The molecule has 0 amide bonds. The van der Waals surface area contributed by atoms with Crippen LogP contribution in [0.3, 0.4) is 0 Å². The summed E-state index contributed by atoms with van der Waals surface area (Å²) in [5, 5.41) is 9.18. The first-order chi connectivity index (χ1) is 11.3. The van der Waals surface area contributed by atoms with Crippen LogP contribution in [-0.4, -0.2) is 11.2 Å². The molecule has 0 aromatic carbocycles. The molecule has 0 aliphatic heterocycles. The Morgan fingerprint density at radius 2 is 1.00 bits per heavy atom. The van der Waals surface area contributed by atoms with E-state index in [0.29, 0.717) is 0 Å². The minimum Gasteiger partial charge on any atom is -0.393 e. The molecule has 0 aliphatic rings. The van der Waals surface area contributed by atoms with Gasteiger partial charge in [-0.15, -0.1) is 0 Å². The van der Waals surface area contributed by atoms with Crippen LogP contribution in [0, 0.1) is 0 Å². The fraction of sp³-hybridized carbons (Fsp3) is 0.909. The second-order valence-corrected chi connectivity index (χ2v) is 7.28. The Bertz CT molecular complexity index is 232. The van der Waals surface area contributed by atoms with E-state index in [1.54, 1.807) is 0 Å². The largest absolute Gasteiger partial charge is 0.393 e. The Kier molecular flexibility index (Phi) is 19.5. The zero-order valence-electron chi connectivity index (χ0n) is 16.2. The van der Waals surface area contributed by atoms with Gasteiger partial charge in [-0.1, -0.05) is 96.1 Å². The van der Waals surface area contributed by atoms with Gasteiger partial charge in [0.15, 0.2) is 0 Å². The average molecular weight is 325 g/mol. The SMILES string of the molecule is CCCCCCCCCCCC=CCCCCCCCC(C)O. The Morgan fingerprint density at radius 1 is 0.609 bits per heavy atom. The van der Waals surface area contributed by atoms with E-state index >= 15 is 0 Å². The maximum Gasteiger partial charge on any atom is 0.0512 e. The summed E-state index contributed by atoms with van der Waals surface area (Å²) in [6.07, 6.45) is 27.5. The zero-order valence-corrected chi connectivity index (χ0v) is 16.2. The van der Waals surface area contributed by atoms with E-state index in [9.17, 15) is 5.11 Å². The molecular weight excluding hydrogens is 280 g/mol. The van der Waals surface area contributed by atoms with E-state index < -0.39 is 0 Å². The highest BCUT2D eigenvalue weighted by molar-refractivity contribution is 4.81. The van der Waals surface area contributed by atoms with Crippen LogP contribution >= 0.6 is 0 Å². The summed E-state index contributed by atoms with van der Waals surface area (Å²) in [7, 11) is 0. The first kappa shape index (κ1) is 22.7. The number of aliphatic hydroxyl groups is 1. The van der Waals surface area contributed by atoms with Crippen molar-refractivity contribution in [2.45, 2.75) is 129 Å². The quantitative estimate of drug-likeness (QED) is 0.203. The third-order valence-electron chi connectivity index (χ3n) is 4.63. The molecule has 23 heavy (non-hydrogen) atoms. The van der Waals surface area contributed by atoms with Gasteiger partial charge in [0.2, 0.25) is 0 Å². The van der Waals surface area contributed by atoms with Crippen LogP contribution in [0.1, 0.15) is 123 Å². The first-order valence-corrected chi connectivity index (χ1v) is 10.6. The number of aliphatic hydroxyl groups excluding tert-OH is 1. The topological polar surface area (TPSA) is 20.2 Å². The van der Waals surface area contributed by atoms with Gasteiger partial charge >= 0.3 is 0 Å². The van der Waals surface area contributed by atoms with Crippen molar-refractivity contribution in [2.24, 2.45) is 0 Å². The molecule has 0 fully saturated rings. The molecule has 0 radical (unpaired) electrons. The van der Waals surface area contributed by atoms with Crippen LogP contribution < -0.4 is 0 Å². The highest BCUT2D eigenvalue weighted by Crippen LogP contribution is 2.11. The molecular formula is C22H44O. The van der Waals surface area contributed by atoms with E-state index in [0.717, 1.165) is 6.42 Å². The molecule has 0 bridgehead atoms. The number of hydrogen-bond donors (Lipinski definition) is 1. The molecule has 1 unspecified atom stereocenters. The fourth-order valence-electron chi connectivity index (χ4n) is 3.04. The Hall–Kier alpha value is -0.300. The van der Waals surface area contributed by atoms with Crippen molar-refractivity contribution in [3.8, 4) is 0 Å². The summed E-state index contributed by atoms with van der Waals surface area (Å²) in [6.45, 7) is 4.17. The van der Waals surface area contributed by atoms with Crippen molar-refractivity contribution in [1.82, 2.24) is 0 Å². The molecule has 1 atom stereocenters. The first-order valence-electron chi connectivity index (χ1n) is 10.6. The highest BCUT2D eigenvalue weighted by atomic mass is 16.3. The number of allylic oxidation sites excluding steroid dienone is 2. The summed E-state index contributed by atoms with van der Waals surface area (Å²) in [5.41, 5.74) is 0. The molecule has 0 rings (SSSR count). The predicted molar refractivity (Wildman–Crippen MR) is 105 cm³/mol. The van der Waals surface area contributed by atoms with E-state index in [1.807, 2.05) is 6.92 Å². The van der Waals surface area contributed by atoms with Gasteiger partial charge in [-0.05, 0) is 39.0 Å². The lowest BCUT2D eigenvalue weighted by molar-refractivity contribution is 0.180. The zero-order chi connectivity index (χ0) is 17.0. The monoisotopic (exact) mass is 324 g/mol. The second kappa shape index (κ2) is 19.7. The van der Waals surface area contributed by atoms with E-state index in [-0.39, 0.29) is 6.10 Å². The average Bonchev–Trinajstić information content (AvgIpc) is 2.53. The van der Waals surface area contributed by atoms with Crippen LogP contribution in [-0.2, 0) is 0 Å². The summed E-state index contributed by atoms with van der Waals surface area (Å²) in [5.74, 6) is 0. The van der Waals surface area contributed by atoms with Crippen molar-refractivity contribution in [1.29, 1.82) is 0 Å². The lowest BCUT2D eigenvalue weighted by Gasteiger charge is -2.03. The van der Waals surface area contributed by atoms with Crippen molar-refractivity contribution in [3.63, 3.8) is 0 Å². The fourth-order valence-corrected chi connectivity index (χ4v) is 3.04. The smallest absolute Gasteiger partial charge is 0.0512 e. The molecule has 138 valence electrons. The third-order valence-corrected chi connectivity index (χ3v) is 4.63. The van der Waals surface area contributed by atoms with Gasteiger partial charge in [0.1, 0.15) is 0 Å². The van der Waals surface area contributed by atoms with Crippen LogP contribution in [0.25, 0.3) is 0 Å². The Labute approximate surface area is 147 Å². The standard InChI is InChI=1S/C22H44O/c1-3-4-5-6-7-8-9-10-11-12-13-14-15-16-17-18-19-20-21-22(2)23/h13-14,22-23H,3-12,15-21H2,1-2H3. The van der Waals surface area contributed by atoms with Gasteiger partial charge in [0.05, 0.1) is 6.10 Å². The van der Waals surface area contributed by atoms with Gasteiger partial charge in [-0.3, -0.25) is 0 Å². The molecule has 0 heterocycles. The summed E-state index contributed by atoms with van der Waals surface area (Å²) in [4.78, 5) is 0. The van der Waals surface area contributed by atoms with Crippen LogP contribution in [0.2, 0.25) is 0 Å². The van der Waals surface area contributed by atoms with E-state index in [4.69, 9.17) is 0 Å². The minimum atomic E-state index is -0.112. The van der Waals surface area contributed by atoms with Crippen molar-refractivity contribution < 1.29 is 5.11 Å². The molecule has 1 N–H and O–H groups in total. The Morgan fingerprint density at radius 3 is 1.43 bits per heavy atom. The van der Waals surface area contributed by atoms with E-state index in [2.05, 4.69) is 19.1 Å². The molecule has 1 heteroatoms. The number of unbranched alkanes of at least 4 members (excludes halogenated alkanes) is 14. The van der Waals surface area contributed by atoms with Gasteiger partial charge in [-0.25, -0.2) is 0 Å². The van der Waals surface area contributed by atoms with Crippen molar-refractivity contribution in [3.05, 3.63) is 12.2 Å². The lowest BCUT2D eigenvalue weighted by atomic mass is 10.1. The minimum absolute atomic E-state index is 0.112. The molecule has 1 nitrogen and oxygen atoms in total. The Balaban J connectivity index is 3.06. The second-order valence-electron chi connectivity index (χ2n) is 7.28. The molecule has 0 saturated heterocycles. The molecule has 0 saturated carbocycles. The molecule has 0 aliphatic carbocycles. The summed E-state index contributed by atoms with van der Waals surface area (Å²) < 4.78 is 0. The molecule has 0 aromatic rings. The predicted octanol–water partition coefficient (Wildman–Crippen LogP) is 7.58. The van der Waals surface area contributed by atoms with Gasteiger partial charge < -0.3 is 5.11 Å². The lowest BCUT2D eigenvalue weighted by Crippen LogP contribution is -1.98. The maximum absolute atomic E-state index is 9.18. The van der Waals surface area contributed by atoms with Gasteiger partial charge in [0.25, 0.3) is 0 Å². The molecule has 0 spiro atoms. The van der Waals surface area contributed by atoms with Crippen LogP contribution in [0.15, 0.2) is 12.2 Å². The van der Waals surface area contributed by atoms with Crippen molar-refractivity contribution >= 4 is 0 Å². The summed E-state index contributed by atoms with van der Waals surface area (Å²) in [6, 6.07) is 0. The summed E-state index contributed by atoms with van der Waals surface area (Å²) >= 11 is 0. The van der Waals surface area contributed by atoms with Crippen LogP contribution in [0.5, 0.6) is 0 Å². The maximum atomic E-state index is 9.18. The molecule has 0 aromatic heterocycles. The van der Waals surface area contributed by atoms with Gasteiger partial charge in [-0.2, -0.15) is 0 Å². The van der Waals surface area contributed by atoms with Gasteiger partial charge in [0, 0.05) is 0 Å². The highest BCUT2D eigenvalue weighted by Gasteiger charge is 1.95. The number of rotatable bonds is 18. The van der Waals surface area contributed by atoms with Crippen LogP contribution in [0.4, 0.5) is 0 Å². The van der Waals surface area contributed by atoms with Crippen molar-refractivity contribution in [2.75, 3.05) is 0 Å².